The standard InChI is InChI=1S/C23H21IN4O3/c1-30-9-10-31-20-12-16(14-25-23(29)17-4-6-19(24)7-5-17)11-18(13-20)21-15-28-22(27-21)3-2-8-26-28/h2-8,11-13,15H,9-10,14H2,1H3,(H,25,29). The number of fused-ring (bicyclic) bond motifs is 1. The van der Waals surface area contributed by atoms with Gasteiger partial charge in [-0.2, -0.15) is 5.10 Å². The number of carbonyl (C=O) groups is 1. The summed E-state index contributed by atoms with van der Waals surface area (Å²) in [4.78, 5) is 17.2. The second-order valence-electron chi connectivity index (χ2n) is 6.85. The number of imidazole rings is 1. The summed E-state index contributed by atoms with van der Waals surface area (Å²) < 4.78 is 13.7. The predicted octanol–water partition coefficient (Wildman–Crippen LogP) is 3.96. The van der Waals surface area contributed by atoms with Gasteiger partial charge in [-0.1, -0.05) is 0 Å². The summed E-state index contributed by atoms with van der Waals surface area (Å²) >= 11 is 2.22. The number of carbonyl (C=O) groups excluding carboxylic acids is 1. The lowest BCUT2D eigenvalue weighted by Crippen LogP contribution is -2.22. The third kappa shape index (κ3) is 5.39. The van der Waals surface area contributed by atoms with Gasteiger partial charge in [0.05, 0.1) is 18.5 Å². The molecule has 0 saturated heterocycles. The van der Waals surface area contributed by atoms with Gasteiger partial charge in [0.1, 0.15) is 12.4 Å². The van der Waals surface area contributed by atoms with E-state index in [9.17, 15) is 4.79 Å². The molecule has 8 heteroatoms. The zero-order chi connectivity index (χ0) is 21.6. The zero-order valence-corrected chi connectivity index (χ0v) is 19.1. The zero-order valence-electron chi connectivity index (χ0n) is 16.9. The van der Waals surface area contributed by atoms with Crippen molar-refractivity contribution in [3.63, 3.8) is 0 Å². The minimum absolute atomic E-state index is 0.124. The number of halogens is 1. The van der Waals surface area contributed by atoms with Crippen LogP contribution in [0.15, 0.2) is 67.0 Å². The van der Waals surface area contributed by atoms with Crippen LogP contribution >= 0.6 is 22.6 Å². The Balaban J connectivity index is 1.58. The molecule has 4 rings (SSSR count). The van der Waals surface area contributed by atoms with Crippen LogP contribution in [0.25, 0.3) is 16.9 Å². The average molecular weight is 528 g/mol. The largest absolute Gasteiger partial charge is 0.491 e. The van der Waals surface area contributed by atoms with Crippen LogP contribution in [-0.2, 0) is 11.3 Å². The number of hydrogen-bond donors (Lipinski definition) is 1. The first kappa shape index (κ1) is 21.3. The molecule has 2 aromatic heterocycles. The van der Waals surface area contributed by atoms with E-state index in [4.69, 9.17) is 9.47 Å². The fraction of sp³-hybridized carbons (Fsp3) is 0.174. The fourth-order valence-electron chi connectivity index (χ4n) is 3.09. The van der Waals surface area contributed by atoms with E-state index in [1.54, 1.807) is 17.8 Å². The van der Waals surface area contributed by atoms with Crippen molar-refractivity contribution >= 4 is 34.1 Å². The molecule has 0 spiro atoms. The van der Waals surface area contributed by atoms with E-state index in [1.165, 1.54) is 0 Å². The summed E-state index contributed by atoms with van der Waals surface area (Å²) in [7, 11) is 1.63. The predicted molar refractivity (Wildman–Crippen MR) is 126 cm³/mol. The number of nitrogens with one attached hydrogen (secondary N) is 1. The highest BCUT2D eigenvalue weighted by molar-refractivity contribution is 14.1. The first-order chi connectivity index (χ1) is 15.1. The molecule has 7 nitrogen and oxygen atoms in total. The molecular formula is C23H21IN4O3. The quantitative estimate of drug-likeness (QED) is 0.277. The van der Waals surface area contributed by atoms with Crippen LogP contribution in [0.2, 0.25) is 0 Å². The highest BCUT2D eigenvalue weighted by Crippen LogP contribution is 2.26. The fourth-order valence-corrected chi connectivity index (χ4v) is 3.45. The average Bonchev–Trinajstić information content (AvgIpc) is 3.22. The molecule has 1 amide bonds. The van der Waals surface area contributed by atoms with Crippen molar-refractivity contribution in [1.29, 1.82) is 0 Å². The van der Waals surface area contributed by atoms with Gasteiger partial charge in [-0.05, 0) is 82.8 Å². The Morgan fingerprint density at radius 3 is 2.74 bits per heavy atom. The number of ether oxygens (including phenoxy) is 2. The Labute approximate surface area is 193 Å². The molecular weight excluding hydrogens is 507 g/mol. The number of rotatable bonds is 8. The Morgan fingerprint density at radius 2 is 1.97 bits per heavy atom. The molecule has 2 heterocycles. The molecule has 0 bridgehead atoms. The minimum Gasteiger partial charge on any atom is -0.491 e. The molecule has 0 unspecified atom stereocenters. The van der Waals surface area contributed by atoms with E-state index in [1.807, 2.05) is 60.8 Å². The van der Waals surface area contributed by atoms with Crippen LogP contribution in [0.5, 0.6) is 5.75 Å². The van der Waals surface area contributed by atoms with Crippen LogP contribution in [0.1, 0.15) is 15.9 Å². The number of hydrogen-bond acceptors (Lipinski definition) is 5. The monoisotopic (exact) mass is 528 g/mol. The molecule has 2 aromatic carbocycles. The molecule has 4 aromatic rings. The van der Waals surface area contributed by atoms with Crippen LogP contribution < -0.4 is 10.1 Å². The minimum atomic E-state index is -0.124. The van der Waals surface area contributed by atoms with Crippen molar-refractivity contribution < 1.29 is 14.3 Å². The van der Waals surface area contributed by atoms with Crippen molar-refractivity contribution in [3.8, 4) is 17.0 Å². The van der Waals surface area contributed by atoms with Crippen LogP contribution in [0.4, 0.5) is 0 Å². The number of aromatic nitrogens is 3. The van der Waals surface area contributed by atoms with Gasteiger partial charge >= 0.3 is 0 Å². The van der Waals surface area contributed by atoms with Gasteiger partial charge < -0.3 is 14.8 Å². The molecule has 1 N–H and O–H groups in total. The third-order valence-electron chi connectivity index (χ3n) is 4.61. The van der Waals surface area contributed by atoms with Crippen molar-refractivity contribution in [1.82, 2.24) is 19.9 Å². The van der Waals surface area contributed by atoms with Crippen LogP contribution in [0, 0.1) is 3.57 Å². The smallest absolute Gasteiger partial charge is 0.251 e. The van der Waals surface area contributed by atoms with Gasteiger partial charge in [0, 0.05) is 34.5 Å². The maximum absolute atomic E-state index is 12.5. The molecule has 0 aliphatic heterocycles. The van der Waals surface area contributed by atoms with Crippen molar-refractivity contribution in [2.75, 3.05) is 20.3 Å². The first-order valence-electron chi connectivity index (χ1n) is 9.72. The lowest BCUT2D eigenvalue weighted by atomic mass is 10.1. The Morgan fingerprint density at radius 1 is 1.13 bits per heavy atom. The summed E-state index contributed by atoms with van der Waals surface area (Å²) in [5.41, 5.74) is 3.96. The Kier molecular flexibility index (Phi) is 6.78. The van der Waals surface area contributed by atoms with Crippen molar-refractivity contribution in [2.45, 2.75) is 6.54 Å². The van der Waals surface area contributed by atoms with Gasteiger partial charge in [-0.3, -0.25) is 4.79 Å². The van der Waals surface area contributed by atoms with Crippen LogP contribution in [0.3, 0.4) is 0 Å². The van der Waals surface area contributed by atoms with E-state index < -0.39 is 0 Å². The van der Waals surface area contributed by atoms with Gasteiger partial charge in [0.15, 0.2) is 5.65 Å². The topological polar surface area (TPSA) is 77.8 Å². The lowest BCUT2D eigenvalue weighted by Gasteiger charge is -2.11. The molecule has 31 heavy (non-hydrogen) atoms. The number of amides is 1. The maximum atomic E-state index is 12.5. The van der Waals surface area contributed by atoms with Gasteiger partial charge in [0.2, 0.25) is 0 Å². The van der Waals surface area contributed by atoms with Gasteiger partial charge in [0.25, 0.3) is 5.91 Å². The molecule has 0 atom stereocenters. The second-order valence-corrected chi connectivity index (χ2v) is 8.09. The molecule has 0 radical (unpaired) electrons. The SMILES string of the molecule is COCCOc1cc(CNC(=O)c2ccc(I)cc2)cc(-c2cn3ncccc3n2)c1. The molecule has 0 aliphatic carbocycles. The summed E-state index contributed by atoms with van der Waals surface area (Å²) in [5, 5.41) is 7.26. The number of benzene rings is 2. The Hall–Kier alpha value is -2.98. The highest BCUT2D eigenvalue weighted by Gasteiger charge is 2.11. The van der Waals surface area contributed by atoms with Gasteiger partial charge in [-0.25, -0.2) is 9.50 Å². The lowest BCUT2D eigenvalue weighted by molar-refractivity contribution is 0.0951. The first-order valence-corrected chi connectivity index (χ1v) is 10.8. The molecule has 0 fully saturated rings. The second kappa shape index (κ2) is 9.88. The maximum Gasteiger partial charge on any atom is 0.251 e. The van der Waals surface area contributed by atoms with Gasteiger partial charge in [-0.15, -0.1) is 0 Å². The number of methoxy groups -OCH3 is 1. The van der Waals surface area contributed by atoms with Crippen molar-refractivity contribution in [3.05, 3.63) is 81.7 Å². The number of nitrogens with zero attached hydrogens (tertiary/aromatic N) is 3. The highest BCUT2D eigenvalue weighted by atomic mass is 127. The van der Waals surface area contributed by atoms with E-state index in [2.05, 4.69) is 38.0 Å². The van der Waals surface area contributed by atoms with E-state index in [-0.39, 0.29) is 5.91 Å². The normalized spacial score (nSPS) is 10.9. The van der Waals surface area contributed by atoms with E-state index in [0.717, 1.165) is 26.0 Å². The van der Waals surface area contributed by atoms with E-state index >= 15 is 0 Å². The summed E-state index contributed by atoms with van der Waals surface area (Å²) in [6.07, 6.45) is 3.59. The third-order valence-corrected chi connectivity index (χ3v) is 5.33. The molecule has 0 aliphatic rings. The summed E-state index contributed by atoms with van der Waals surface area (Å²) in [5.74, 6) is 0.568. The summed E-state index contributed by atoms with van der Waals surface area (Å²) in [6.45, 7) is 1.29. The summed E-state index contributed by atoms with van der Waals surface area (Å²) in [6, 6.07) is 17.1. The Bertz CT molecular complexity index is 1160. The van der Waals surface area contributed by atoms with Crippen LogP contribution in [-0.4, -0.2) is 40.8 Å². The molecule has 0 saturated carbocycles. The molecule has 158 valence electrons. The van der Waals surface area contributed by atoms with E-state index in [0.29, 0.717) is 31.1 Å². The van der Waals surface area contributed by atoms with Crippen molar-refractivity contribution in [2.24, 2.45) is 0 Å².